The van der Waals surface area contributed by atoms with E-state index in [1.165, 1.54) is 6.07 Å². The Kier molecular flexibility index (Phi) is 5.28. The predicted molar refractivity (Wildman–Crippen MR) is 80.6 cm³/mol. The number of rotatable bonds is 5. The Balaban J connectivity index is 1.97. The summed E-state index contributed by atoms with van der Waals surface area (Å²) in [5.74, 6) is -0.381. The molecule has 1 aliphatic rings. The van der Waals surface area contributed by atoms with Gasteiger partial charge in [-0.05, 0) is 31.0 Å². The third-order valence-corrected chi connectivity index (χ3v) is 3.69. The van der Waals surface area contributed by atoms with Gasteiger partial charge in [0.15, 0.2) is 0 Å². The van der Waals surface area contributed by atoms with Crippen molar-refractivity contribution in [2.45, 2.75) is 18.9 Å². The summed E-state index contributed by atoms with van der Waals surface area (Å²) in [6.45, 7) is 2.04. The van der Waals surface area contributed by atoms with Gasteiger partial charge in [-0.3, -0.25) is 0 Å². The number of halogens is 1. The van der Waals surface area contributed by atoms with Gasteiger partial charge in [0.1, 0.15) is 10.8 Å². The SMILES string of the molecule is NC(=S)c1ccc(N2CCC(OCCO)CC2)cc1F. The smallest absolute Gasteiger partial charge is 0.135 e. The molecule has 110 valence electrons. The van der Waals surface area contributed by atoms with Crippen LogP contribution in [0.15, 0.2) is 18.2 Å². The fraction of sp³-hybridized carbons (Fsp3) is 0.500. The summed E-state index contributed by atoms with van der Waals surface area (Å²) in [6, 6.07) is 4.94. The monoisotopic (exact) mass is 298 g/mol. The summed E-state index contributed by atoms with van der Waals surface area (Å²) >= 11 is 4.79. The highest BCUT2D eigenvalue weighted by Crippen LogP contribution is 2.23. The zero-order valence-electron chi connectivity index (χ0n) is 11.2. The summed E-state index contributed by atoms with van der Waals surface area (Å²) in [4.78, 5) is 2.19. The molecule has 0 amide bonds. The number of thiocarbonyl (C=S) groups is 1. The molecule has 0 bridgehead atoms. The quantitative estimate of drug-likeness (QED) is 0.806. The Morgan fingerprint density at radius 2 is 2.15 bits per heavy atom. The second kappa shape index (κ2) is 6.97. The van der Waals surface area contributed by atoms with Crippen molar-refractivity contribution in [3.63, 3.8) is 0 Å². The van der Waals surface area contributed by atoms with Gasteiger partial charge in [-0.1, -0.05) is 12.2 Å². The van der Waals surface area contributed by atoms with E-state index in [1.807, 2.05) is 6.07 Å². The molecule has 1 saturated heterocycles. The Bertz CT molecular complexity index is 476. The largest absolute Gasteiger partial charge is 0.394 e. The number of hydrogen-bond acceptors (Lipinski definition) is 4. The van der Waals surface area contributed by atoms with Crippen LogP contribution in [0.4, 0.5) is 10.1 Å². The lowest BCUT2D eigenvalue weighted by Gasteiger charge is -2.33. The molecule has 3 N–H and O–H groups in total. The van der Waals surface area contributed by atoms with Crippen LogP contribution in [-0.2, 0) is 4.74 Å². The number of nitrogens with zero attached hydrogens (tertiary/aromatic N) is 1. The molecule has 6 heteroatoms. The summed E-state index contributed by atoms with van der Waals surface area (Å²) in [6.07, 6.45) is 1.93. The van der Waals surface area contributed by atoms with Crippen LogP contribution in [0, 0.1) is 5.82 Å². The number of aliphatic hydroxyl groups is 1. The highest BCUT2D eigenvalue weighted by Gasteiger charge is 2.20. The Hall–Kier alpha value is -1.24. The highest BCUT2D eigenvalue weighted by molar-refractivity contribution is 7.80. The minimum atomic E-state index is -0.381. The van der Waals surface area contributed by atoms with Crippen LogP contribution in [0.2, 0.25) is 0 Å². The van der Waals surface area contributed by atoms with Crippen LogP contribution in [0.1, 0.15) is 18.4 Å². The maximum atomic E-state index is 13.9. The number of nitrogens with two attached hydrogens (primary N) is 1. The first-order chi connectivity index (χ1) is 9.61. The van der Waals surface area contributed by atoms with Crippen molar-refractivity contribution in [1.82, 2.24) is 0 Å². The molecule has 4 nitrogen and oxygen atoms in total. The van der Waals surface area contributed by atoms with Gasteiger partial charge in [-0.25, -0.2) is 4.39 Å². The van der Waals surface area contributed by atoms with Gasteiger partial charge in [0, 0.05) is 24.3 Å². The molecule has 2 rings (SSSR count). The Morgan fingerprint density at radius 3 is 2.70 bits per heavy atom. The molecular formula is C14H19FN2O2S. The number of piperidine rings is 1. The molecule has 0 saturated carbocycles. The molecule has 1 aliphatic heterocycles. The van der Waals surface area contributed by atoms with Crippen molar-refractivity contribution >= 4 is 22.9 Å². The summed E-state index contributed by atoms with van der Waals surface area (Å²) in [5.41, 5.74) is 6.57. The van der Waals surface area contributed by atoms with Crippen molar-refractivity contribution in [1.29, 1.82) is 0 Å². The normalized spacial score (nSPS) is 16.4. The first-order valence-corrected chi connectivity index (χ1v) is 7.09. The third-order valence-electron chi connectivity index (χ3n) is 3.47. The van der Waals surface area contributed by atoms with Crippen LogP contribution < -0.4 is 10.6 Å². The average molecular weight is 298 g/mol. The Morgan fingerprint density at radius 1 is 1.45 bits per heavy atom. The third kappa shape index (κ3) is 3.65. The van der Waals surface area contributed by atoms with Gasteiger partial charge in [-0.2, -0.15) is 0 Å². The summed E-state index contributed by atoms with van der Waals surface area (Å²) in [5, 5.41) is 8.73. The number of ether oxygens (including phenoxy) is 1. The summed E-state index contributed by atoms with van der Waals surface area (Å²) in [7, 11) is 0. The fourth-order valence-corrected chi connectivity index (χ4v) is 2.57. The van der Waals surface area contributed by atoms with E-state index in [-0.39, 0.29) is 29.1 Å². The van der Waals surface area contributed by atoms with E-state index in [9.17, 15) is 4.39 Å². The highest BCUT2D eigenvalue weighted by atomic mass is 32.1. The van der Waals surface area contributed by atoms with Crippen molar-refractivity contribution in [3.8, 4) is 0 Å². The van der Waals surface area contributed by atoms with Gasteiger partial charge in [0.05, 0.1) is 19.3 Å². The molecule has 0 aromatic heterocycles. The minimum absolute atomic E-state index is 0.0475. The lowest BCUT2D eigenvalue weighted by molar-refractivity contribution is 0.0159. The van der Waals surface area contributed by atoms with Gasteiger partial charge in [0.25, 0.3) is 0 Å². The van der Waals surface area contributed by atoms with E-state index in [1.54, 1.807) is 6.07 Å². The van der Waals surface area contributed by atoms with E-state index < -0.39 is 0 Å². The second-order valence-corrected chi connectivity index (χ2v) is 5.25. The standard InChI is InChI=1S/C14H19FN2O2S/c15-13-9-10(1-2-12(13)14(16)20)17-5-3-11(4-6-17)19-8-7-18/h1-2,9,11,18H,3-8H2,(H2,16,20). The fourth-order valence-electron chi connectivity index (χ4n) is 2.40. The lowest BCUT2D eigenvalue weighted by Crippen LogP contribution is -2.37. The maximum Gasteiger partial charge on any atom is 0.135 e. The average Bonchev–Trinajstić information content (AvgIpc) is 2.45. The molecule has 0 radical (unpaired) electrons. The van der Waals surface area contributed by atoms with Crippen LogP contribution in [0.25, 0.3) is 0 Å². The number of anilines is 1. The van der Waals surface area contributed by atoms with Gasteiger partial charge >= 0.3 is 0 Å². The van der Waals surface area contributed by atoms with E-state index >= 15 is 0 Å². The second-order valence-electron chi connectivity index (χ2n) is 4.81. The molecule has 0 spiro atoms. The molecule has 1 aromatic carbocycles. The maximum absolute atomic E-state index is 13.9. The van der Waals surface area contributed by atoms with Gasteiger partial charge in [0.2, 0.25) is 0 Å². The molecule has 20 heavy (non-hydrogen) atoms. The summed E-state index contributed by atoms with van der Waals surface area (Å²) < 4.78 is 19.4. The van der Waals surface area contributed by atoms with Crippen molar-refractivity contribution in [2.75, 3.05) is 31.2 Å². The first kappa shape index (κ1) is 15.2. The van der Waals surface area contributed by atoms with E-state index in [0.717, 1.165) is 31.6 Å². The predicted octanol–water partition coefficient (Wildman–Crippen LogP) is 1.44. The van der Waals surface area contributed by atoms with E-state index in [4.69, 9.17) is 27.8 Å². The first-order valence-electron chi connectivity index (χ1n) is 6.68. The zero-order chi connectivity index (χ0) is 14.5. The number of benzene rings is 1. The van der Waals surface area contributed by atoms with Crippen molar-refractivity contribution in [2.24, 2.45) is 5.73 Å². The van der Waals surface area contributed by atoms with Crippen molar-refractivity contribution < 1.29 is 14.2 Å². The van der Waals surface area contributed by atoms with Crippen LogP contribution in [0.3, 0.4) is 0 Å². The topological polar surface area (TPSA) is 58.7 Å². The van der Waals surface area contributed by atoms with Gasteiger partial charge < -0.3 is 20.5 Å². The minimum Gasteiger partial charge on any atom is -0.394 e. The molecule has 0 aliphatic carbocycles. The van der Waals surface area contributed by atoms with E-state index in [2.05, 4.69) is 4.90 Å². The lowest BCUT2D eigenvalue weighted by atomic mass is 10.1. The molecule has 0 unspecified atom stereocenters. The van der Waals surface area contributed by atoms with Crippen LogP contribution in [0.5, 0.6) is 0 Å². The Labute approximate surface area is 123 Å². The molecule has 1 fully saturated rings. The molecule has 0 atom stereocenters. The molecule has 1 heterocycles. The van der Waals surface area contributed by atoms with Crippen molar-refractivity contribution in [3.05, 3.63) is 29.6 Å². The van der Waals surface area contributed by atoms with Gasteiger partial charge in [-0.15, -0.1) is 0 Å². The van der Waals surface area contributed by atoms with E-state index in [0.29, 0.717) is 6.61 Å². The zero-order valence-corrected chi connectivity index (χ0v) is 12.0. The molecular weight excluding hydrogens is 279 g/mol. The molecule has 1 aromatic rings. The van der Waals surface area contributed by atoms with Crippen LogP contribution >= 0.6 is 12.2 Å². The number of hydrogen-bond donors (Lipinski definition) is 2. The number of aliphatic hydroxyl groups excluding tert-OH is 1. The van der Waals surface area contributed by atoms with Crippen LogP contribution in [-0.4, -0.2) is 42.5 Å².